The molecule has 0 spiro atoms. The Morgan fingerprint density at radius 3 is 2.43 bits per heavy atom. The first kappa shape index (κ1) is 7.31. The van der Waals surface area contributed by atoms with Gasteiger partial charge in [0.05, 0.1) is 0 Å². The molecule has 0 saturated carbocycles. The zero-order valence-electron chi connectivity index (χ0n) is 4.55. The Kier molecular flexibility index (Phi) is 4.67. The van der Waals surface area contributed by atoms with E-state index >= 15 is 0 Å². The van der Waals surface area contributed by atoms with Gasteiger partial charge in [0.1, 0.15) is 5.44 Å². The van der Waals surface area contributed by atoms with Crippen molar-refractivity contribution < 1.29 is 5.11 Å². The molecule has 0 bridgehead atoms. The summed E-state index contributed by atoms with van der Waals surface area (Å²) in [4.78, 5) is 0. The fourth-order valence-corrected chi connectivity index (χ4v) is 0.545. The minimum Gasteiger partial charge on any atom is -0.382 e. The summed E-state index contributed by atoms with van der Waals surface area (Å²) in [5, 5.41) is 8.50. The summed E-state index contributed by atoms with van der Waals surface area (Å²) in [5.41, 5.74) is -0.514. The van der Waals surface area contributed by atoms with Crippen molar-refractivity contribution in [3.05, 3.63) is 0 Å². The highest BCUT2D eigenvalue weighted by Gasteiger charge is 1.92. The maximum Gasteiger partial charge on any atom is 0.109 e. The second-order valence-corrected chi connectivity index (χ2v) is 2.14. The van der Waals surface area contributed by atoms with Crippen LogP contribution in [0.1, 0.15) is 26.2 Å². The smallest absolute Gasteiger partial charge is 0.109 e. The summed E-state index contributed by atoms with van der Waals surface area (Å²) >= 11 is 4.50. The van der Waals surface area contributed by atoms with Crippen molar-refractivity contribution in [1.29, 1.82) is 0 Å². The third kappa shape index (κ3) is 6.31. The summed E-state index contributed by atoms with van der Waals surface area (Å²) in [6, 6.07) is 0. The van der Waals surface area contributed by atoms with Gasteiger partial charge in [0, 0.05) is 0 Å². The highest BCUT2D eigenvalue weighted by molar-refractivity contribution is 7.80. The largest absolute Gasteiger partial charge is 0.382 e. The van der Waals surface area contributed by atoms with Crippen LogP contribution in [0.15, 0.2) is 0 Å². The molecule has 0 aliphatic heterocycles. The van der Waals surface area contributed by atoms with Gasteiger partial charge in [-0.05, 0) is 6.42 Å². The third-order valence-electron chi connectivity index (χ3n) is 0.805. The van der Waals surface area contributed by atoms with Gasteiger partial charge < -0.3 is 5.11 Å². The molecule has 0 amide bonds. The summed E-state index contributed by atoms with van der Waals surface area (Å²) in [6.45, 7) is 2.08. The average Bonchev–Trinajstić information content (AvgIpc) is 1.61. The number of unbranched alkanes of at least 4 members (excludes halogenated alkanes) is 1. The van der Waals surface area contributed by atoms with Crippen LogP contribution in [-0.2, 0) is 0 Å². The van der Waals surface area contributed by atoms with Gasteiger partial charge in [-0.25, -0.2) is 0 Å². The lowest BCUT2D eigenvalue weighted by Crippen LogP contribution is -1.93. The van der Waals surface area contributed by atoms with Crippen molar-refractivity contribution in [2.24, 2.45) is 0 Å². The Balaban J connectivity index is 2.68. The predicted molar refractivity (Wildman–Crippen MR) is 33.1 cm³/mol. The van der Waals surface area contributed by atoms with Crippen LogP contribution < -0.4 is 0 Å². The van der Waals surface area contributed by atoms with Crippen molar-refractivity contribution >= 4 is 12.6 Å². The molecule has 1 atom stereocenters. The van der Waals surface area contributed by atoms with E-state index in [-0.39, 0.29) is 0 Å². The first-order chi connectivity index (χ1) is 3.27. The van der Waals surface area contributed by atoms with Crippen LogP contribution in [-0.4, -0.2) is 10.5 Å². The van der Waals surface area contributed by atoms with Gasteiger partial charge in [0.25, 0.3) is 0 Å². The van der Waals surface area contributed by atoms with Gasteiger partial charge in [-0.1, -0.05) is 32.4 Å². The molecule has 0 aliphatic carbocycles. The Bertz CT molecular complexity index is 37.1. The topological polar surface area (TPSA) is 20.2 Å². The number of rotatable bonds is 3. The van der Waals surface area contributed by atoms with Gasteiger partial charge in [0.15, 0.2) is 0 Å². The van der Waals surface area contributed by atoms with Crippen LogP contribution >= 0.6 is 12.6 Å². The first-order valence-corrected chi connectivity index (χ1v) is 3.08. The van der Waals surface area contributed by atoms with Crippen LogP contribution in [0.4, 0.5) is 0 Å². The van der Waals surface area contributed by atoms with Gasteiger partial charge in [-0.15, -0.1) is 0 Å². The van der Waals surface area contributed by atoms with E-state index in [4.69, 9.17) is 5.11 Å². The SMILES string of the molecule is CCCCC(O)[S]. The quantitative estimate of drug-likeness (QED) is 0.599. The van der Waals surface area contributed by atoms with Crippen molar-refractivity contribution in [2.45, 2.75) is 31.6 Å². The molecule has 1 N–H and O–H groups in total. The number of aliphatic hydroxyl groups excluding tert-OH is 1. The minimum absolute atomic E-state index is 0.514. The molecule has 1 unspecified atom stereocenters. The Morgan fingerprint density at radius 2 is 2.29 bits per heavy atom. The van der Waals surface area contributed by atoms with Gasteiger partial charge in [-0.2, -0.15) is 0 Å². The second-order valence-electron chi connectivity index (χ2n) is 1.60. The van der Waals surface area contributed by atoms with Crippen LogP contribution in [0, 0.1) is 0 Å². The van der Waals surface area contributed by atoms with Gasteiger partial charge in [0.2, 0.25) is 0 Å². The minimum atomic E-state index is -0.514. The zero-order chi connectivity index (χ0) is 5.70. The number of aliphatic hydroxyl groups is 1. The fraction of sp³-hybridized carbons (Fsp3) is 1.00. The zero-order valence-corrected chi connectivity index (χ0v) is 5.37. The van der Waals surface area contributed by atoms with Crippen LogP contribution in [0.2, 0.25) is 0 Å². The van der Waals surface area contributed by atoms with Crippen LogP contribution in [0.3, 0.4) is 0 Å². The normalized spacial score (nSPS) is 14.1. The molecule has 7 heavy (non-hydrogen) atoms. The molecule has 0 aromatic rings. The maximum atomic E-state index is 8.50. The summed E-state index contributed by atoms with van der Waals surface area (Å²) in [6.07, 6.45) is 2.93. The van der Waals surface area contributed by atoms with Crippen molar-refractivity contribution in [3.8, 4) is 0 Å². The predicted octanol–water partition coefficient (Wildman–Crippen LogP) is 1.69. The molecule has 0 fully saturated rings. The summed E-state index contributed by atoms with van der Waals surface area (Å²) in [7, 11) is 0. The summed E-state index contributed by atoms with van der Waals surface area (Å²) < 4.78 is 0. The lowest BCUT2D eigenvalue weighted by atomic mass is 10.3. The molecular formula is C5H11OS. The first-order valence-electron chi connectivity index (χ1n) is 2.61. The molecule has 0 aromatic carbocycles. The van der Waals surface area contributed by atoms with Crippen molar-refractivity contribution in [1.82, 2.24) is 0 Å². The van der Waals surface area contributed by atoms with E-state index < -0.39 is 5.44 Å². The van der Waals surface area contributed by atoms with E-state index in [1.165, 1.54) is 0 Å². The average molecular weight is 119 g/mol. The lowest BCUT2D eigenvalue weighted by molar-refractivity contribution is 0.251. The Labute approximate surface area is 50.1 Å². The Hall–Kier alpha value is 0.310. The van der Waals surface area contributed by atoms with Gasteiger partial charge >= 0.3 is 0 Å². The molecule has 1 nitrogen and oxygen atoms in total. The van der Waals surface area contributed by atoms with Crippen molar-refractivity contribution in [3.63, 3.8) is 0 Å². The molecule has 0 aromatic heterocycles. The van der Waals surface area contributed by atoms with E-state index in [9.17, 15) is 0 Å². The number of hydrogen-bond acceptors (Lipinski definition) is 1. The van der Waals surface area contributed by atoms with Gasteiger partial charge in [-0.3, -0.25) is 0 Å². The third-order valence-corrected chi connectivity index (χ3v) is 1.04. The fourth-order valence-electron chi connectivity index (χ4n) is 0.379. The molecule has 0 rings (SSSR count). The molecular weight excluding hydrogens is 108 g/mol. The second kappa shape index (κ2) is 4.47. The van der Waals surface area contributed by atoms with E-state index in [1.54, 1.807) is 0 Å². The number of hydrogen-bond donors (Lipinski definition) is 1. The standard InChI is InChI=1S/C5H11OS/c1-2-3-4-5(6)7/h5-6H,2-4H2,1H3. The molecule has 43 valence electrons. The van der Waals surface area contributed by atoms with Crippen molar-refractivity contribution in [2.75, 3.05) is 0 Å². The van der Waals surface area contributed by atoms with E-state index in [1.807, 2.05) is 0 Å². The lowest BCUT2D eigenvalue weighted by Gasteiger charge is -1.96. The van der Waals surface area contributed by atoms with Crippen LogP contribution in [0.25, 0.3) is 0 Å². The molecule has 1 radical (unpaired) electrons. The molecule has 0 saturated heterocycles. The van der Waals surface area contributed by atoms with Crippen LogP contribution in [0.5, 0.6) is 0 Å². The van der Waals surface area contributed by atoms with E-state index in [2.05, 4.69) is 19.6 Å². The maximum absolute atomic E-state index is 8.50. The summed E-state index contributed by atoms with van der Waals surface area (Å²) in [5.74, 6) is 0. The monoisotopic (exact) mass is 119 g/mol. The highest BCUT2D eigenvalue weighted by Crippen LogP contribution is 2.01. The highest BCUT2D eigenvalue weighted by atomic mass is 32.1. The molecule has 2 heteroatoms. The van der Waals surface area contributed by atoms with E-state index in [0.29, 0.717) is 0 Å². The van der Waals surface area contributed by atoms with E-state index in [0.717, 1.165) is 19.3 Å². The molecule has 0 heterocycles. The Morgan fingerprint density at radius 1 is 1.71 bits per heavy atom. The molecule has 0 aliphatic rings.